The van der Waals surface area contributed by atoms with Gasteiger partial charge < -0.3 is 19.0 Å². The predicted molar refractivity (Wildman–Crippen MR) is 108 cm³/mol. The van der Waals surface area contributed by atoms with Gasteiger partial charge >= 0.3 is 0 Å². The summed E-state index contributed by atoms with van der Waals surface area (Å²) in [6.07, 6.45) is 1.25. The summed E-state index contributed by atoms with van der Waals surface area (Å²) in [5.74, 6) is 0.288. The Morgan fingerprint density at radius 3 is 2.47 bits per heavy atom. The molecule has 1 aromatic carbocycles. The summed E-state index contributed by atoms with van der Waals surface area (Å²) in [6, 6.07) is 7.79. The number of fused-ring (bicyclic) bond motifs is 1. The number of sulfonamides is 1. The van der Waals surface area contributed by atoms with E-state index in [-0.39, 0.29) is 54.8 Å². The molecule has 10 heteroatoms. The lowest BCUT2D eigenvalue weighted by Gasteiger charge is -2.35. The minimum absolute atomic E-state index is 0.0939. The first kappa shape index (κ1) is 20.4. The molecule has 0 radical (unpaired) electrons. The second-order valence-electron chi connectivity index (χ2n) is 7.36. The van der Waals surface area contributed by atoms with Crippen molar-refractivity contribution in [1.29, 1.82) is 0 Å². The Bertz CT molecular complexity index is 1060. The first-order chi connectivity index (χ1) is 14.3. The van der Waals surface area contributed by atoms with Crippen molar-refractivity contribution in [3.63, 3.8) is 0 Å². The van der Waals surface area contributed by atoms with Crippen LogP contribution in [0.3, 0.4) is 0 Å². The van der Waals surface area contributed by atoms with E-state index >= 15 is 0 Å². The van der Waals surface area contributed by atoms with Crippen molar-refractivity contribution >= 4 is 27.5 Å². The third-order valence-electron chi connectivity index (χ3n) is 5.26. The molecule has 4 rings (SSSR count). The molecule has 3 heterocycles. The van der Waals surface area contributed by atoms with Crippen LogP contribution in [0.15, 0.2) is 45.9 Å². The molecule has 2 amide bonds. The molecule has 1 unspecified atom stereocenters. The topological polar surface area (TPSA) is 100 Å². The standard InChI is InChI=1S/C20H23N3O6S/c1-14-13-23(15(2)24)17-12-16(5-6-18(17)29-14)30(26,27)22-9-7-21(8-10-22)20(25)19-4-3-11-28-19/h3-6,11-12,14H,7-10,13H2,1-2H3. The number of anilines is 1. The average Bonchev–Trinajstić information content (AvgIpc) is 3.27. The van der Waals surface area contributed by atoms with E-state index < -0.39 is 10.0 Å². The van der Waals surface area contributed by atoms with E-state index in [1.807, 2.05) is 6.92 Å². The molecule has 30 heavy (non-hydrogen) atoms. The van der Waals surface area contributed by atoms with Gasteiger partial charge in [0.05, 0.1) is 23.4 Å². The molecular formula is C20H23N3O6S. The Hall–Kier alpha value is -2.85. The second-order valence-corrected chi connectivity index (χ2v) is 9.30. The van der Waals surface area contributed by atoms with Crippen LogP contribution in [-0.4, -0.2) is 68.3 Å². The summed E-state index contributed by atoms with van der Waals surface area (Å²) in [6.45, 7) is 4.55. The number of carbonyl (C=O) groups is 2. The van der Waals surface area contributed by atoms with Crippen molar-refractivity contribution in [2.45, 2.75) is 24.8 Å². The van der Waals surface area contributed by atoms with Crippen LogP contribution in [0.4, 0.5) is 5.69 Å². The highest BCUT2D eigenvalue weighted by Gasteiger charge is 2.33. The van der Waals surface area contributed by atoms with Crippen LogP contribution in [0.5, 0.6) is 5.75 Å². The Morgan fingerprint density at radius 1 is 1.10 bits per heavy atom. The molecule has 1 aromatic heterocycles. The van der Waals surface area contributed by atoms with Crippen LogP contribution < -0.4 is 9.64 Å². The van der Waals surface area contributed by atoms with Crippen LogP contribution in [-0.2, 0) is 14.8 Å². The van der Waals surface area contributed by atoms with E-state index in [2.05, 4.69) is 0 Å². The van der Waals surface area contributed by atoms with Gasteiger partial charge in [-0.15, -0.1) is 0 Å². The smallest absolute Gasteiger partial charge is 0.289 e. The number of hydrogen-bond acceptors (Lipinski definition) is 6. The fourth-order valence-corrected chi connectivity index (χ4v) is 5.16. The number of furan rings is 1. The predicted octanol–water partition coefficient (Wildman–Crippen LogP) is 1.56. The highest BCUT2D eigenvalue weighted by atomic mass is 32.2. The Balaban J connectivity index is 1.53. The van der Waals surface area contributed by atoms with E-state index in [1.54, 1.807) is 23.1 Å². The first-order valence-electron chi connectivity index (χ1n) is 9.69. The van der Waals surface area contributed by atoms with Gasteiger partial charge in [-0.25, -0.2) is 8.42 Å². The van der Waals surface area contributed by atoms with Crippen molar-refractivity contribution in [1.82, 2.24) is 9.21 Å². The van der Waals surface area contributed by atoms with Crippen molar-refractivity contribution in [2.75, 3.05) is 37.6 Å². The van der Waals surface area contributed by atoms with Gasteiger partial charge in [0.2, 0.25) is 15.9 Å². The summed E-state index contributed by atoms with van der Waals surface area (Å²) in [4.78, 5) is 27.6. The molecular weight excluding hydrogens is 410 g/mol. The Labute approximate surface area is 174 Å². The van der Waals surface area contributed by atoms with E-state index in [0.717, 1.165) is 0 Å². The lowest BCUT2D eigenvalue weighted by Crippen LogP contribution is -2.50. The summed E-state index contributed by atoms with van der Waals surface area (Å²) in [5, 5.41) is 0. The van der Waals surface area contributed by atoms with Crippen molar-refractivity contribution in [3.05, 3.63) is 42.4 Å². The first-order valence-corrected chi connectivity index (χ1v) is 11.1. The zero-order valence-corrected chi connectivity index (χ0v) is 17.6. The number of nitrogens with zero attached hydrogens (tertiary/aromatic N) is 3. The third-order valence-corrected chi connectivity index (χ3v) is 7.16. The highest BCUT2D eigenvalue weighted by molar-refractivity contribution is 7.89. The number of benzene rings is 1. The summed E-state index contributed by atoms with van der Waals surface area (Å²) in [5.41, 5.74) is 0.452. The lowest BCUT2D eigenvalue weighted by atomic mass is 10.2. The SMILES string of the molecule is CC(=O)N1CC(C)Oc2ccc(S(=O)(=O)N3CCN(C(=O)c4ccco4)CC3)cc21. The maximum Gasteiger partial charge on any atom is 0.289 e. The molecule has 0 aliphatic carbocycles. The number of carbonyl (C=O) groups excluding carboxylic acids is 2. The fraction of sp³-hybridized carbons (Fsp3) is 0.400. The number of ether oxygens (including phenoxy) is 1. The normalized spacial score (nSPS) is 19.9. The number of piperazine rings is 1. The quantitative estimate of drug-likeness (QED) is 0.728. The Morgan fingerprint density at radius 2 is 1.83 bits per heavy atom. The monoisotopic (exact) mass is 433 g/mol. The lowest BCUT2D eigenvalue weighted by molar-refractivity contribution is -0.117. The minimum atomic E-state index is -3.78. The van der Waals surface area contributed by atoms with Gasteiger partial charge in [-0.05, 0) is 37.3 Å². The molecule has 2 aromatic rings. The minimum Gasteiger partial charge on any atom is -0.487 e. The van der Waals surface area contributed by atoms with Gasteiger partial charge in [0, 0.05) is 33.1 Å². The molecule has 1 saturated heterocycles. The van der Waals surface area contributed by atoms with Crippen LogP contribution in [0.2, 0.25) is 0 Å². The maximum atomic E-state index is 13.2. The zero-order chi connectivity index (χ0) is 21.5. The number of amides is 2. The van der Waals surface area contributed by atoms with Crippen molar-refractivity contribution < 1.29 is 27.2 Å². The van der Waals surface area contributed by atoms with Gasteiger partial charge in [0.25, 0.3) is 5.91 Å². The molecule has 1 atom stereocenters. The van der Waals surface area contributed by atoms with E-state index in [1.165, 1.54) is 34.5 Å². The van der Waals surface area contributed by atoms with Gasteiger partial charge in [0.15, 0.2) is 5.76 Å². The van der Waals surface area contributed by atoms with Gasteiger partial charge in [-0.3, -0.25) is 9.59 Å². The summed E-state index contributed by atoms with van der Waals surface area (Å²) >= 11 is 0. The van der Waals surface area contributed by atoms with Crippen LogP contribution >= 0.6 is 0 Å². The van der Waals surface area contributed by atoms with E-state index in [9.17, 15) is 18.0 Å². The molecule has 1 fully saturated rings. The number of hydrogen-bond donors (Lipinski definition) is 0. The van der Waals surface area contributed by atoms with Gasteiger partial charge in [0.1, 0.15) is 11.9 Å². The fourth-order valence-electron chi connectivity index (χ4n) is 3.71. The number of rotatable bonds is 3. The maximum absolute atomic E-state index is 13.2. The molecule has 0 spiro atoms. The molecule has 0 N–H and O–H groups in total. The van der Waals surface area contributed by atoms with Gasteiger partial charge in [-0.2, -0.15) is 4.31 Å². The molecule has 160 valence electrons. The van der Waals surface area contributed by atoms with Crippen molar-refractivity contribution in [3.8, 4) is 5.75 Å². The molecule has 2 aliphatic heterocycles. The second kappa shape index (κ2) is 7.77. The van der Waals surface area contributed by atoms with Gasteiger partial charge in [-0.1, -0.05) is 0 Å². The third kappa shape index (κ3) is 3.68. The summed E-state index contributed by atoms with van der Waals surface area (Å²) in [7, 11) is -3.78. The molecule has 9 nitrogen and oxygen atoms in total. The van der Waals surface area contributed by atoms with E-state index in [4.69, 9.17) is 9.15 Å². The average molecular weight is 433 g/mol. The summed E-state index contributed by atoms with van der Waals surface area (Å²) < 4.78 is 38.6. The Kier molecular flexibility index (Phi) is 5.29. The van der Waals surface area contributed by atoms with Crippen LogP contribution in [0.25, 0.3) is 0 Å². The van der Waals surface area contributed by atoms with Crippen molar-refractivity contribution in [2.24, 2.45) is 0 Å². The largest absolute Gasteiger partial charge is 0.487 e. The van der Waals surface area contributed by atoms with Crippen LogP contribution in [0.1, 0.15) is 24.4 Å². The zero-order valence-electron chi connectivity index (χ0n) is 16.8. The van der Waals surface area contributed by atoms with E-state index in [0.29, 0.717) is 18.0 Å². The molecule has 0 saturated carbocycles. The molecule has 0 bridgehead atoms. The van der Waals surface area contributed by atoms with Crippen LogP contribution in [0, 0.1) is 0 Å². The molecule has 2 aliphatic rings. The highest BCUT2D eigenvalue weighted by Crippen LogP contribution is 2.36.